The van der Waals surface area contributed by atoms with Crippen LogP contribution >= 0.6 is 0 Å². The molecular formula is C13H16O4. The monoisotopic (exact) mass is 236 g/mol. The number of carboxylic acids is 1. The molecule has 0 aliphatic heterocycles. The van der Waals surface area contributed by atoms with Crippen LogP contribution < -0.4 is 9.47 Å². The maximum atomic E-state index is 11.5. The van der Waals surface area contributed by atoms with E-state index in [1.165, 1.54) is 0 Å². The van der Waals surface area contributed by atoms with Gasteiger partial charge in [-0.3, -0.25) is 4.79 Å². The minimum atomic E-state index is -0.835. The number of carboxylic acid groups (broad SMARTS) is 1. The van der Waals surface area contributed by atoms with Crippen LogP contribution in [0.15, 0.2) is 18.2 Å². The van der Waals surface area contributed by atoms with Crippen molar-refractivity contribution in [1.82, 2.24) is 0 Å². The molecule has 0 radical (unpaired) electrons. The van der Waals surface area contributed by atoms with Crippen molar-refractivity contribution in [2.24, 2.45) is 0 Å². The van der Waals surface area contributed by atoms with E-state index in [1.54, 1.807) is 32.4 Å². The zero-order chi connectivity index (χ0) is 12.5. The van der Waals surface area contributed by atoms with Gasteiger partial charge in [-0.25, -0.2) is 0 Å². The molecule has 0 saturated heterocycles. The number of benzene rings is 1. The predicted molar refractivity (Wildman–Crippen MR) is 62.7 cm³/mol. The molecule has 4 nitrogen and oxygen atoms in total. The second-order valence-electron chi connectivity index (χ2n) is 4.28. The number of hydrogen-bond donors (Lipinski definition) is 1. The molecule has 0 amide bonds. The van der Waals surface area contributed by atoms with E-state index in [0.717, 1.165) is 6.42 Å². The van der Waals surface area contributed by atoms with Crippen molar-refractivity contribution in [2.45, 2.75) is 24.7 Å². The second kappa shape index (κ2) is 4.28. The normalized spacial score (nSPS) is 17.1. The molecule has 0 bridgehead atoms. The van der Waals surface area contributed by atoms with Crippen LogP contribution in [0.3, 0.4) is 0 Å². The zero-order valence-corrected chi connectivity index (χ0v) is 10.0. The summed E-state index contributed by atoms with van der Waals surface area (Å²) in [6.07, 6.45) is 2.20. The number of rotatable bonds is 4. The average Bonchev–Trinajstić information content (AvgIpc) is 2.27. The summed E-state index contributed by atoms with van der Waals surface area (Å²) in [6, 6.07) is 5.36. The lowest BCUT2D eigenvalue weighted by molar-refractivity contribution is -0.147. The summed E-state index contributed by atoms with van der Waals surface area (Å²) in [4.78, 5) is 11.5. The van der Waals surface area contributed by atoms with Gasteiger partial charge in [0, 0.05) is 0 Å². The van der Waals surface area contributed by atoms with Crippen LogP contribution in [-0.4, -0.2) is 25.3 Å². The Morgan fingerprint density at radius 2 is 1.76 bits per heavy atom. The van der Waals surface area contributed by atoms with Crippen LogP contribution in [0.1, 0.15) is 24.8 Å². The van der Waals surface area contributed by atoms with Crippen LogP contribution in [-0.2, 0) is 10.2 Å². The summed E-state index contributed by atoms with van der Waals surface area (Å²) in [7, 11) is 3.10. The predicted octanol–water partition coefficient (Wildman–Crippen LogP) is 2.21. The number of hydrogen-bond acceptors (Lipinski definition) is 3. The van der Waals surface area contributed by atoms with Crippen LogP contribution in [0.25, 0.3) is 0 Å². The summed E-state index contributed by atoms with van der Waals surface area (Å²) in [6.45, 7) is 0. The fourth-order valence-corrected chi connectivity index (χ4v) is 2.42. The summed E-state index contributed by atoms with van der Waals surface area (Å²) < 4.78 is 10.6. The second-order valence-corrected chi connectivity index (χ2v) is 4.28. The SMILES string of the molecule is COc1cccc(OC)c1C1(C(=O)O)CCC1. The molecule has 0 aromatic heterocycles. The van der Waals surface area contributed by atoms with Crippen LogP contribution in [0, 0.1) is 0 Å². The van der Waals surface area contributed by atoms with Gasteiger partial charge in [0.15, 0.2) is 0 Å². The Balaban J connectivity index is 2.59. The van der Waals surface area contributed by atoms with Gasteiger partial charge >= 0.3 is 5.97 Å². The maximum Gasteiger partial charge on any atom is 0.314 e. The molecule has 2 rings (SSSR count). The Morgan fingerprint density at radius 3 is 2.06 bits per heavy atom. The van der Waals surface area contributed by atoms with Gasteiger partial charge in [0.25, 0.3) is 0 Å². The molecule has 0 spiro atoms. The highest BCUT2D eigenvalue weighted by Gasteiger charge is 2.49. The summed E-state index contributed by atoms with van der Waals surface area (Å²) >= 11 is 0. The van der Waals surface area contributed by atoms with Crippen molar-refractivity contribution in [3.8, 4) is 11.5 Å². The maximum absolute atomic E-state index is 11.5. The van der Waals surface area contributed by atoms with Crippen LogP contribution in [0.4, 0.5) is 0 Å². The van der Waals surface area contributed by atoms with Crippen molar-refractivity contribution in [3.05, 3.63) is 23.8 Å². The van der Waals surface area contributed by atoms with E-state index in [0.29, 0.717) is 29.9 Å². The molecular weight excluding hydrogens is 220 g/mol. The van der Waals surface area contributed by atoms with Crippen molar-refractivity contribution in [2.75, 3.05) is 14.2 Å². The fourth-order valence-electron chi connectivity index (χ4n) is 2.42. The van der Waals surface area contributed by atoms with Crippen molar-refractivity contribution in [1.29, 1.82) is 0 Å². The first-order chi connectivity index (χ1) is 8.15. The lowest BCUT2D eigenvalue weighted by Gasteiger charge is -2.39. The van der Waals surface area contributed by atoms with Crippen molar-refractivity contribution >= 4 is 5.97 Å². The summed E-state index contributed by atoms with van der Waals surface area (Å²) in [5.74, 6) is 0.379. The fraction of sp³-hybridized carbons (Fsp3) is 0.462. The van der Waals surface area contributed by atoms with E-state index >= 15 is 0 Å². The van der Waals surface area contributed by atoms with E-state index < -0.39 is 11.4 Å². The quantitative estimate of drug-likeness (QED) is 0.870. The van der Waals surface area contributed by atoms with Crippen LogP contribution in [0.2, 0.25) is 0 Å². The third-order valence-corrected chi connectivity index (χ3v) is 3.52. The Hall–Kier alpha value is -1.71. The van der Waals surface area contributed by atoms with Gasteiger partial charge in [-0.2, -0.15) is 0 Å². The van der Waals surface area contributed by atoms with E-state index in [9.17, 15) is 9.90 Å². The molecule has 0 heterocycles. The number of aliphatic carboxylic acids is 1. The number of ether oxygens (including phenoxy) is 2. The molecule has 1 aliphatic carbocycles. The Morgan fingerprint density at radius 1 is 1.24 bits per heavy atom. The first-order valence-corrected chi connectivity index (χ1v) is 5.60. The van der Waals surface area contributed by atoms with Gasteiger partial charge in [0.2, 0.25) is 0 Å². The molecule has 92 valence electrons. The molecule has 0 atom stereocenters. The minimum Gasteiger partial charge on any atom is -0.496 e. The van der Waals surface area contributed by atoms with Crippen LogP contribution in [0.5, 0.6) is 11.5 Å². The molecule has 1 aliphatic rings. The minimum absolute atomic E-state index is 0.589. The highest BCUT2D eigenvalue weighted by molar-refractivity contribution is 5.85. The van der Waals surface area contributed by atoms with Crippen molar-refractivity contribution < 1.29 is 19.4 Å². The Labute approximate surface area is 100 Å². The molecule has 1 aromatic rings. The lowest BCUT2D eigenvalue weighted by Crippen LogP contribution is -2.42. The highest BCUT2D eigenvalue weighted by atomic mass is 16.5. The first-order valence-electron chi connectivity index (χ1n) is 5.60. The van der Waals surface area contributed by atoms with Gasteiger partial charge in [-0.1, -0.05) is 12.5 Å². The van der Waals surface area contributed by atoms with Gasteiger partial charge in [0.1, 0.15) is 11.5 Å². The number of carbonyl (C=O) groups is 1. The van der Waals surface area contributed by atoms with E-state index in [2.05, 4.69) is 0 Å². The Kier molecular flexibility index (Phi) is 2.96. The molecule has 1 saturated carbocycles. The summed E-state index contributed by atoms with van der Waals surface area (Å²) in [5.41, 5.74) is -0.165. The third kappa shape index (κ3) is 1.64. The first kappa shape index (κ1) is 11.8. The molecule has 17 heavy (non-hydrogen) atoms. The van der Waals surface area contributed by atoms with E-state index in [1.807, 2.05) is 0 Å². The highest BCUT2D eigenvalue weighted by Crippen LogP contribution is 2.50. The largest absolute Gasteiger partial charge is 0.496 e. The topological polar surface area (TPSA) is 55.8 Å². The van der Waals surface area contributed by atoms with Gasteiger partial charge in [-0.05, 0) is 25.0 Å². The van der Waals surface area contributed by atoms with Gasteiger partial charge in [-0.15, -0.1) is 0 Å². The molecule has 1 fully saturated rings. The summed E-state index contributed by atoms with van der Waals surface area (Å²) in [5, 5.41) is 9.47. The van der Waals surface area contributed by atoms with Gasteiger partial charge < -0.3 is 14.6 Å². The molecule has 1 aromatic carbocycles. The van der Waals surface area contributed by atoms with Crippen molar-refractivity contribution in [3.63, 3.8) is 0 Å². The van der Waals surface area contributed by atoms with E-state index in [4.69, 9.17) is 9.47 Å². The lowest BCUT2D eigenvalue weighted by atomic mass is 9.64. The Bertz CT molecular complexity index is 413. The standard InChI is InChI=1S/C13H16O4/c1-16-9-5-3-6-10(17-2)11(9)13(12(14)15)7-4-8-13/h3,5-6H,4,7-8H2,1-2H3,(H,14,15). The molecule has 0 unspecified atom stereocenters. The van der Waals surface area contributed by atoms with E-state index in [-0.39, 0.29) is 0 Å². The van der Waals surface area contributed by atoms with Gasteiger partial charge in [0.05, 0.1) is 25.2 Å². The molecule has 4 heteroatoms. The third-order valence-electron chi connectivity index (χ3n) is 3.52. The smallest absolute Gasteiger partial charge is 0.314 e. The molecule has 1 N–H and O–H groups in total. The average molecular weight is 236 g/mol. The number of methoxy groups -OCH3 is 2. The zero-order valence-electron chi connectivity index (χ0n) is 10.0.